The van der Waals surface area contributed by atoms with Crippen LogP contribution in [0.1, 0.15) is 23.1 Å². The highest BCUT2D eigenvalue weighted by Crippen LogP contribution is 2.34. The van der Waals surface area contributed by atoms with Crippen LogP contribution in [0, 0.1) is 0 Å². The largest absolute Gasteiger partial charge is 0.443 e. The van der Waals surface area contributed by atoms with E-state index in [1.807, 2.05) is 13.0 Å². The average Bonchev–Trinajstić information content (AvgIpc) is 3.13. The Morgan fingerprint density at radius 1 is 1.15 bits per heavy atom. The number of nitrogens with one attached hydrogen (secondary N) is 1. The van der Waals surface area contributed by atoms with Crippen molar-refractivity contribution in [3.05, 3.63) is 70.3 Å². The molecule has 0 saturated carbocycles. The van der Waals surface area contributed by atoms with Gasteiger partial charge in [0.1, 0.15) is 5.72 Å². The molecular formula is C19H18F3N3OS. The Balaban J connectivity index is 1.86. The van der Waals surface area contributed by atoms with Crippen LogP contribution in [0.15, 0.2) is 54.2 Å². The summed E-state index contributed by atoms with van der Waals surface area (Å²) in [6, 6.07) is 10.4. The summed E-state index contributed by atoms with van der Waals surface area (Å²) < 4.78 is 38.2. The molecule has 3 aromatic rings. The SMILES string of the molecule is CCNC(O)(Cc1cccnc1)c1ccc(-c2csc(C(F)(F)F)n2)cc1. The molecule has 27 heavy (non-hydrogen) atoms. The van der Waals surface area contributed by atoms with Crippen molar-refractivity contribution in [1.29, 1.82) is 0 Å². The van der Waals surface area contributed by atoms with Crippen molar-refractivity contribution in [2.24, 2.45) is 0 Å². The Bertz CT molecular complexity index is 881. The van der Waals surface area contributed by atoms with Crippen LogP contribution in [0.3, 0.4) is 0 Å². The first-order chi connectivity index (χ1) is 12.8. The molecule has 2 aromatic heterocycles. The van der Waals surface area contributed by atoms with Gasteiger partial charge in [-0.05, 0) is 23.7 Å². The van der Waals surface area contributed by atoms with Gasteiger partial charge >= 0.3 is 6.18 Å². The minimum atomic E-state index is -4.45. The molecule has 1 unspecified atom stereocenters. The van der Waals surface area contributed by atoms with Crippen molar-refractivity contribution >= 4 is 11.3 Å². The first-order valence-corrected chi connectivity index (χ1v) is 9.20. The molecule has 0 radical (unpaired) electrons. The number of aliphatic hydroxyl groups is 1. The van der Waals surface area contributed by atoms with Crippen LogP contribution in [-0.2, 0) is 18.3 Å². The predicted molar refractivity (Wildman–Crippen MR) is 98.1 cm³/mol. The summed E-state index contributed by atoms with van der Waals surface area (Å²) in [5.74, 6) is 0. The molecule has 142 valence electrons. The van der Waals surface area contributed by atoms with E-state index in [9.17, 15) is 18.3 Å². The number of benzene rings is 1. The number of aromatic nitrogens is 2. The fourth-order valence-electron chi connectivity index (χ4n) is 2.81. The summed E-state index contributed by atoms with van der Waals surface area (Å²) in [4.78, 5) is 7.72. The zero-order valence-corrected chi connectivity index (χ0v) is 15.3. The van der Waals surface area contributed by atoms with Gasteiger partial charge in [0.15, 0.2) is 5.01 Å². The third-order valence-corrected chi connectivity index (χ3v) is 4.94. The second-order valence-electron chi connectivity index (χ2n) is 6.04. The Morgan fingerprint density at radius 3 is 2.44 bits per heavy atom. The third-order valence-electron chi connectivity index (χ3n) is 4.06. The van der Waals surface area contributed by atoms with E-state index in [-0.39, 0.29) is 5.69 Å². The Labute approximate surface area is 158 Å². The van der Waals surface area contributed by atoms with Crippen LogP contribution in [0.2, 0.25) is 0 Å². The second kappa shape index (κ2) is 7.75. The van der Waals surface area contributed by atoms with Crippen LogP contribution in [0.25, 0.3) is 11.3 Å². The van der Waals surface area contributed by atoms with E-state index in [4.69, 9.17) is 0 Å². The maximum Gasteiger partial charge on any atom is 0.443 e. The van der Waals surface area contributed by atoms with E-state index in [2.05, 4.69) is 15.3 Å². The van der Waals surface area contributed by atoms with Crippen molar-refractivity contribution in [2.45, 2.75) is 25.2 Å². The predicted octanol–water partition coefficient (Wildman–Crippen LogP) is 4.22. The van der Waals surface area contributed by atoms with Gasteiger partial charge in [-0.1, -0.05) is 37.3 Å². The normalized spacial score (nSPS) is 14.1. The molecule has 8 heteroatoms. The van der Waals surface area contributed by atoms with Crippen LogP contribution >= 0.6 is 11.3 Å². The molecule has 0 fully saturated rings. The number of alkyl halides is 3. The molecular weight excluding hydrogens is 375 g/mol. The van der Waals surface area contributed by atoms with E-state index < -0.39 is 16.9 Å². The van der Waals surface area contributed by atoms with E-state index in [1.165, 1.54) is 5.38 Å². The van der Waals surface area contributed by atoms with Gasteiger partial charge in [0.25, 0.3) is 0 Å². The molecule has 1 aromatic carbocycles. The number of pyridine rings is 1. The van der Waals surface area contributed by atoms with E-state index in [0.717, 1.165) is 5.56 Å². The fraction of sp³-hybridized carbons (Fsp3) is 0.263. The van der Waals surface area contributed by atoms with Crippen molar-refractivity contribution in [2.75, 3.05) is 6.54 Å². The monoisotopic (exact) mass is 393 g/mol. The quantitative estimate of drug-likeness (QED) is 0.616. The molecule has 0 aliphatic rings. The Hall–Kier alpha value is -2.29. The number of halogens is 3. The lowest BCUT2D eigenvalue weighted by Crippen LogP contribution is -2.44. The van der Waals surface area contributed by atoms with Gasteiger partial charge in [-0.3, -0.25) is 10.3 Å². The van der Waals surface area contributed by atoms with Crippen molar-refractivity contribution < 1.29 is 18.3 Å². The van der Waals surface area contributed by atoms with Gasteiger partial charge in [-0.2, -0.15) is 13.2 Å². The minimum absolute atomic E-state index is 0.262. The molecule has 1 atom stereocenters. The molecule has 2 heterocycles. The standard InChI is InChI=1S/C19H18F3N3OS/c1-2-24-18(26,10-13-4-3-9-23-11-13)15-7-5-14(6-8-15)16-12-27-17(25-16)19(20,21)22/h3-9,11-12,24,26H,2,10H2,1H3. The molecule has 2 N–H and O–H groups in total. The minimum Gasteiger partial charge on any atom is -0.371 e. The van der Waals surface area contributed by atoms with Crippen molar-refractivity contribution in [1.82, 2.24) is 15.3 Å². The third kappa shape index (κ3) is 4.52. The lowest BCUT2D eigenvalue weighted by atomic mass is 9.94. The summed E-state index contributed by atoms with van der Waals surface area (Å²) in [6.07, 6.45) is -0.793. The zero-order chi connectivity index (χ0) is 19.5. The number of rotatable bonds is 6. The Kier molecular flexibility index (Phi) is 5.59. The van der Waals surface area contributed by atoms with Gasteiger partial charge < -0.3 is 5.11 Å². The highest BCUT2D eigenvalue weighted by atomic mass is 32.1. The van der Waals surface area contributed by atoms with Gasteiger partial charge in [-0.25, -0.2) is 4.98 Å². The first-order valence-electron chi connectivity index (χ1n) is 8.32. The summed E-state index contributed by atoms with van der Waals surface area (Å²) in [5.41, 5.74) is 0.988. The maximum absolute atomic E-state index is 12.7. The van der Waals surface area contributed by atoms with Gasteiger partial charge in [0, 0.05) is 29.8 Å². The smallest absolute Gasteiger partial charge is 0.371 e. The van der Waals surface area contributed by atoms with Crippen LogP contribution in [0.5, 0.6) is 0 Å². The number of likely N-dealkylation sites (N-methyl/N-ethyl adjacent to an activating group) is 1. The van der Waals surface area contributed by atoms with Crippen LogP contribution in [0.4, 0.5) is 13.2 Å². The average molecular weight is 393 g/mol. The van der Waals surface area contributed by atoms with E-state index in [0.29, 0.717) is 35.4 Å². The molecule has 0 amide bonds. The highest BCUT2D eigenvalue weighted by molar-refractivity contribution is 7.10. The summed E-state index contributed by atoms with van der Waals surface area (Å²) in [5, 5.41) is 14.7. The van der Waals surface area contributed by atoms with Gasteiger partial charge in [0.2, 0.25) is 0 Å². The maximum atomic E-state index is 12.7. The molecule has 0 aliphatic heterocycles. The molecule has 0 aliphatic carbocycles. The first kappa shape index (κ1) is 19.5. The van der Waals surface area contributed by atoms with Crippen LogP contribution in [-0.4, -0.2) is 21.6 Å². The van der Waals surface area contributed by atoms with Crippen molar-refractivity contribution in [3.63, 3.8) is 0 Å². The molecule has 4 nitrogen and oxygen atoms in total. The fourth-order valence-corrected chi connectivity index (χ4v) is 3.51. The second-order valence-corrected chi connectivity index (χ2v) is 6.90. The number of nitrogens with zero attached hydrogens (tertiary/aromatic N) is 2. The molecule has 3 rings (SSSR count). The van der Waals surface area contributed by atoms with Gasteiger partial charge in [-0.15, -0.1) is 11.3 Å². The van der Waals surface area contributed by atoms with Crippen molar-refractivity contribution in [3.8, 4) is 11.3 Å². The number of thiazole rings is 1. The summed E-state index contributed by atoms with van der Waals surface area (Å²) in [6.45, 7) is 2.43. The molecule has 0 spiro atoms. The van der Waals surface area contributed by atoms with Gasteiger partial charge in [0.05, 0.1) is 5.69 Å². The topological polar surface area (TPSA) is 58.0 Å². The number of hydrogen-bond acceptors (Lipinski definition) is 5. The lowest BCUT2D eigenvalue weighted by molar-refractivity contribution is -0.137. The number of hydrogen-bond donors (Lipinski definition) is 2. The highest BCUT2D eigenvalue weighted by Gasteiger charge is 2.34. The van der Waals surface area contributed by atoms with Crippen LogP contribution < -0.4 is 5.32 Å². The zero-order valence-electron chi connectivity index (χ0n) is 14.5. The Morgan fingerprint density at radius 2 is 1.89 bits per heavy atom. The summed E-state index contributed by atoms with van der Waals surface area (Å²) in [7, 11) is 0. The van der Waals surface area contributed by atoms with E-state index in [1.54, 1.807) is 42.7 Å². The lowest BCUT2D eigenvalue weighted by Gasteiger charge is -2.30. The van der Waals surface area contributed by atoms with E-state index >= 15 is 0 Å². The summed E-state index contributed by atoms with van der Waals surface area (Å²) >= 11 is 0.566. The molecule has 0 saturated heterocycles. The molecule has 0 bridgehead atoms.